The van der Waals surface area contributed by atoms with Crippen LogP contribution in [0.15, 0.2) is 209 Å². The fourth-order valence-electron chi connectivity index (χ4n) is 7.56. The lowest BCUT2D eigenvalue weighted by Crippen LogP contribution is -2.10. The maximum Gasteiger partial charge on any atom is 0.143 e. The van der Waals surface area contributed by atoms with Crippen LogP contribution in [0.4, 0.5) is 17.1 Å². The highest BCUT2D eigenvalue weighted by Crippen LogP contribution is 2.42. The van der Waals surface area contributed by atoms with Crippen molar-refractivity contribution >= 4 is 71.7 Å². The van der Waals surface area contributed by atoms with Crippen molar-refractivity contribution in [3.63, 3.8) is 0 Å². The Bertz CT molecular complexity index is 3760. The normalized spacial score (nSPS) is 14.2. The molecule has 2 aromatic heterocycles. The summed E-state index contributed by atoms with van der Waals surface area (Å²) in [4.78, 5) is 2.01. The number of nitrogens with zero attached hydrogens (tertiary/aromatic N) is 1. The third-order valence-electron chi connectivity index (χ3n) is 10.2. The first-order valence-electron chi connectivity index (χ1n) is 22.8. The molecule has 11 aromatic rings. The van der Waals surface area contributed by atoms with Crippen molar-refractivity contribution < 1.29 is 22.5 Å². The van der Waals surface area contributed by atoms with Gasteiger partial charge in [-0.25, -0.2) is 0 Å². The Morgan fingerprint density at radius 2 is 1.11 bits per heavy atom. The van der Waals surface area contributed by atoms with Gasteiger partial charge in [-0.1, -0.05) is 139 Å². The summed E-state index contributed by atoms with van der Waals surface area (Å²) in [5.74, 6) is 0. The SMILES string of the molecule is [2H]c1cc([2H])c(-c2ccc(N(c3ccc(-c4ccc5ccc6oc7ccccc7c6c5c4)cc3)c3cccc(-c4c([2H])c([2H])c([2H])c5c4oc4c([2H])c([2H])c([2H])c([2H])c45)c3)cc2)c([2H])c1. The number of fused-ring (bicyclic) bond motifs is 8. The van der Waals surface area contributed by atoms with Crippen LogP contribution in [-0.2, 0) is 0 Å². The van der Waals surface area contributed by atoms with Crippen molar-refractivity contribution in [1.82, 2.24) is 0 Å². The Hall–Kier alpha value is -7.36. The van der Waals surface area contributed by atoms with Gasteiger partial charge in [0.2, 0.25) is 0 Å². The molecule has 0 N–H and O–H groups in total. The zero-order valence-corrected chi connectivity index (χ0v) is 29.0. The average molecular weight is 714 g/mol. The summed E-state index contributed by atoms with van der Waals surface area (Å²) in [6.45, 7) is 0. The lowest BCUT2D eigenvalue weighted by Gasteiger charge is -2.26. The minimum Gasteiger partial charge on any atom is -0.456 e. The first-order chi connectivity index (χ1) is 31.4. The van der Waals surface area contributed by atoms with Gasteiger partial charge in [-0.2, -0.15) is 0 Å². The van der Waals surface area contributed by atoms with E-state index in [2.05, 4.69) is 30.3 Å². The van der Waals surface area contributed by atoms with E-state index in [1.807, 2.05) is 89.8 Å². The van der Waals surface area contributed by atoms with E-state index in [0.717, 1.165) is 55.2 Å². The molecule has 0 aliphatic heterocycles. The van der Waals surface area contributed by atoms with E-state index >= 15 is 0 Å². The Balaban J connectivity index is 1.07. The first kappa shape index (κ1) is 22.7. The number of benzene rings is 9. The molecule has 0 saturated heterocycles. The molecule has 55 heavy (non-hydrogen) atoms. The Morgan fingerprint density at radius 3 is 1.95 bits per heavy atom. The van der Waals surface area contributed by atoms with E-state index in [4.69, 9.17) is 22.5 Å². The van der Waals surface area contributed by atoms with Crippen LogP contribution in [-0.4, -0.2) is 0 Å². The second-order valence-corrected chi connectivity index (χ2v) is 13.3. The quantitative estimate of drug-likeness (QED) is 0.172. The van der Waals surface area contributed by atoms with Gasteiger partial charge >= 0.3 is 0 Å². The van der Waals surface area contributed by atoms with Gasteiger partial charge < -0.3 is 13.7 Å². The second kappa shape index (κ2) is 12.6. The molecule has 2 heterocycles. The van der Waals surface area contributed by atoms with Crippen LogP contribution >= 0.6 is 0 Å². The minimum absolute atomic E-state index is 0.0123. The zero-order chi connectivity index (χ0) is 45.0. The van der Waals surface area contributed by atoms with E-state index in [0.29, 0.717) is 22.4 Å². The summed E-state index contributed by atoms with van der Waals surface area (Å²) >= 11 is 0. The van der Waals surface area contributed by atoms with Crippen LogP contribution in [0.1, 0.15) is 13.7 Å². The predicted molar refractivity (Wildman–Crippen MR) is 229 cm³/mol. The van der Waals surface area contributed by atoms with Gasteiger partial charge in [-0.3, -0.25) is 0 Å². The van der Waals surface area contributed by atoms with Crippen LogP contribution in [0.2, 0.25) is 0 Å². The maximum atomic E-state index is 9.11. The molecule has 0 spiro atoms. The van der Waals surface area contributed by atoms with Crippen molar-refractivity contribution in [3.8, 4) is 33.4 Å². The van der Waals surface area contributed by atoms with Crippen molar-refractivity contribution in [1.29, 1.82) is 0 Å². The summed E-state index contributed by atoms with van der Waals surface area (Å²) in [5.41, 5.74) is 7.33. The molecule has 3 heteroatoms. The average Bonchev–Trinajstić information content (AvgIpc) is 3.90. The van der Waals surface area contributed by atoms with Crippen molar-refractivity contribution in [2.75, 3.05) is 4.90 Å². The molecule has 0 saturated carbocycles. The van der Waals surface area contributed by atoms with Crippen molar-refractivity contribution in [2.45, 2.75) is 0 Å². The third-order valence-corrected chi connectivity index (χ3v) is 10.2. The van der Waals surface area contributed by atoms with Crippen molar-refractivity contribution in [3.05, 3.63) is 200 Å². The topological polar surface area (TPSA) is 29.5 Å². The highest BCUT2D eigenvalue weighted by molar-refractivity contribution is 6.19. The van der Waals surface area contributed by atoms with Crippen LogP contribution in [0.25, 0.3) is 88.0 Å². The van der Waals surface area contributed by atoms with Crippen LogP contribution < -0.4 is 4.90 Å². The molecule has 0 aliphatic rings. The molecular weight excluding hydrogens is 671 g/mol. The molecular formula is C52H33NO2. The molecule has 0 radical (unpaired) electrons. The highest BCUT2D eigenvalue weighted by atomic mass is 16.3. The number of furan rings is 2. The number of hydrogen-bond acceptors (Lipinski definition) is 3. The van der Waals surface area contributed by atoms with Crippen molar-refractivity contribution in [2.24, 2.45) is 0 Å². The highest BCUT2D eigenvalue weighted by Gasteiger charge is 2.17. The molecule has 0 aliphatic carbocycles. The number of hydrogen-bond donors (Lipinski definition) is 0. The fraction of sp³-hybridized carbons (Fsp3) is 0. The molecule has 11 rings (SSSR count). The fourth-order valence-corrected chi connectivity index (χ4v) is 7.56. The molecule has 9 aromatic carbocycles. The first-order valence-corrected chi connectivity index (χ1v) is 17.8. The van der Waals surface area contributed by atoms with Crippen LogP contribution in [0.5, 0.6) is 0 Å². The van der Waals surface area contributed by atoms with Gasteiger partial charge in [0.05, 0.1) is 13.7 Å². The smallest absolute Gasteiger partial charge is 0.143 e. The summed E-state index contributed by atoms with van der Waals surface area (Å²) in [6.07, 6.45) is 0. The molecule has 0 fully saturated rings. The Labute approximate surface area is 332 Å². The van der Waals surface area contributed by atoms with Gasteiger partial charge in [-0.15, -0.1) is 0 Å². The summed E-state index contributed by atoms with van der Waals surface area (Å²) in [5, 5.41) is 4.31. The maximum absolute atomic E-state index is 9.11. The Morgan fingerprint density at radius 1 is 0.382 bits per heavy atom. The molecule has 0 bridgehead atoms. The largest absolute Gasteiger partial charge is 0.456 e. The third kappa shape index (κ3) is 5.28. The standard InChI is InChI=1S/C52H33NO2/c1-2-10-34(11-3-1)35-22-27-40(28-23-35)53(42-13-8-12-39(32-42)43-16-9-17-45-44-14-4-6-18-48(44)55-52(43)45)41-29-24-36(25-30-41)38-21-20-37-26-31-50-51(47(37)33-38)46-15-5-7-19-49(46)54-50/h1-33H/i1D,4D,6D,9D,10D,11D,14D,16D,17D,18D. The minimum atomic E-state index is -0.489. The van der Waals surface area contributed by atoms with Crippen LogP contribution in [0.3, 0.4) is 0 Å². The summed E-state index contributed by atoms with van der Waals surface area (Å²) < 4.78 is 98.1. The zero-order valence-electron chi connectivity index (χ0n) is 39.0. The van der Waals surface area contributed by atoms with E-state index in [1.165, 1.54) is 12.1 Å². The summed E-state index contributed by atoms with van der Waals surface area (Å²) in [6, 6.07) is 41.6. The molecule has 0 atom stereocenters. The van der Waals surface area contributed by atoms with Gasteiger partial charge in [-0.05, 0) is 99.2 Å². The lowest BCUT2D eigenvalue weighted by molar-refractivity contribution is 0.669. The van der Waals surface area contributed by atoms with E-state index < -0.39 is 24.2 Å². The monoisotopic (exact) mass is 713 g/mol. The predicted octanol–water partition coefficient (Wildman–Crippen LogP) is 15.1. The van der Waals surface area contributed by atoms with E-state index in [-0.39, 0.29) is 63.8 Å². The number of rotatable bonds is 6. The van der Waals surface area contributed by atoms with Gasteiger partial charge in [0.1, 0.15) is 22.3 Å². The molecule has 3 nitrogen and oxygen atoms in total. The Kier molecular flexibility index (Phi) is 5.21. The number of para-hydroxylation sites is 3. The van der Waals surface area contributed by atoms with E-state index in [9.17, 15) is 0 Å². The number of anilines is 3. The van der Waals surface area contributed by atoms with Gasteiger partial charge in [0.25, 0.3) is 0 Å². The van der Waals surface area contributed by atoms with Crippen LogP contribution in [0, 0.1) is 0 Å². The molecule has 0 amide bonds. The molecule has 258 valence electrons. The van der Waals surface area contributed by atoms with E-state index in [1.54, 1.807) is 12.1 Å². The van der Waals surface area contributed by atoms with Gasteiger partial charge in [0, 0.05) is 44.2 Å². The molecule has 0 unspecified atom stereocenters. The summed E-state index contributed by atoms with van der Waals surface area (Å²) in [7, 11) is 0. The van der Waals surface area contributed by atoms with Gasteiger partial charge in [0.15, 0.2) is 0 Å². The lowest BCUT2D eigenvalue weighted by atomic mass is 9.97. The second-order valence-electron chi connectivity index (χ2n) is 13.3.